The summed E-state index contributed by atoms with van der Waals surface area (Å²) in [7, 11) is 0. The molecule has 0 bridgehead atoms. The molecule has 2 nitrogen and oxygen atoms in total. The zero-order chi connectivity index (χ0) is 27.3. The molecule has 0 saturated heterocycles. The number of hydrogen-bond acceptors (Lipinski definition) is 2. The molecule has 0 N–H and O–H groups in total. The first-order valence-electron chi connectivity index (χ1n) is 13.2. The minimum absolute atomic E-state index is 0.0231. The molecule has 0 aliphatic rings. The van der Waals surface area contributed by atoms with E-state index in [4.69, 9.17) is 0 Å². The number of carbonyl (C=O) groups excluding carboxylic acids is 1. The van der Waals surface area contributed by atoms with Gasteiger partial charge in [0, 0.05) is 32.5 Å². The van der Waals surface area contributed by atoms with Crippen LogP contribution in [0.3, 0.4) is 0 Å². The molecule has 40 heavy (non-hydrogen) atoms. The minimum atomic E-state index is -0.0231. The number of hydrogen-bond donors (Lipinski definition) is 0. The van der Waals surface area contributed by atoms with Crippen LogP contribution in [0.2, 0.25) is 0 Å². The average molecular weight is 581 g/mol. The number of halogens is 1. The maximum absolute atomic E-state index is 13.6. The van der Waals surface area contributed by atoms with Crippen LogP contribution in [-0.2, 0) is 0 Å². The fraction of sp³-hybridized carbons (Fsp3) is 0. The predicted octanol–water partition coefficient (Wildman–Crippen LogP) is 10.5. The Labute approximate surface area is 243 Å². The predicted molar refractivity (Wildman–Crippen MR) is 170 cm³/mol. The molecule has 0 aliphatic carbocycles. The second-order valence-corrected chi connectivity index (χ2v) is 10.3. The van der Waals surface area contributed by atoms with Gasteiger partial charge >= 0.3 is 0 Å². The second-order valence-electron chi connectivity index (χ2n) is 9.49. The van der Waals surface area contributed by atoms with Gasteiger partial charge in [0.1, 0.15) is 0 Å². The number of nitrogens with zero attached hydrogens (tertiary/aromatic N) is 1. The van der Waals surface area contributed by atoms with E-state index in [2.05, 4.69) is 124 Å². The molecule has 0 radical (unpaired) electrons. The summed E-state index contributed by atoms with van der Waals surface area (Å²) in [6, 6.07) is 53.2. The smallest absolute Gasteiger partial charge is 0.194 e. The van der Waals surface area contributed by atoms with E-state index in [-0.39, 0.29) is 5.78 Å². The van der Waals surface area contributed by atoms with Crippen LogP contribution in [0.4, 0.5) is 17.1 Å². The number of ketones is 1. The Bertz CT molecular complexity index is 1760. The van der Waals surface area contributed by atoms with Gasteiger partial charge in [-0.15, -0.1) is 0 Å². The lowest BCUT2D eigenvalue weighted by molar-refractivity contribution is 0.103. The van der Waals surface area contributed by atoms with Crippen LogP contribution in [0.15, 0.2) is 162 Å². The maximum atomic E-state index is 13.6. The van der Waals surface area contributed by atoms with E-state index in [9.17, 15) is 4.79 Å². The third-order valence-electron chi connectivity index (χ3n) is 6.95. The highest BCUT2D eigenvalue weighted by Gasteiger charge is 2.19. The van der Waals surface area contributed by atoms with Gasteiger partial charge in [-0.05, 0) is 59.2 Å². The van der Waals surface area contributed by atoms with Crippen LogP contribution in [0.25, 0.3) is 22.3 Å². The van der Waals surface area contributed by atoms with Crippen LogP contribution in [0.5, 0.6) is 0 Å². The fourth-order valence-electron chi connectivity index (χ4n) is 4.98. The van der Waals surface area contributed by atoms with Crippen molar-refractivity contribution in [3.8, 4) is 22.3 Å². The minimum Gasteiger partial charge on any atom is -0.310 e. The number of anilines is 3. The molecule has 0 aromatic heterocycles. The van der Waals surface area contributed by atoms with E-state index in [0.29, 0.717) is 11.1 Å². The Morgan fingerprint density at radius 1 is 0.500 bits per heavy atom. The Morgan fingerprint density at radius 3 is 1.82 bits per heavy atom. The molecule has 6 rings (SSSR count). The van der Waals surface area contributed by atoms with Crippen molar-refractivity contribution in [3.05, 3.63) is 173 Å². The van der Waals surface area contributed by atoms with Gasteiger partial charge in [-0.1, -0.05) is 131 Å². The van der Waals surface area contributed by atoms with Crippen LogP contribution in [0, 0.1) is 0 Å². The molecule has 0 unspecified atom stereocenters. The van der Waals surface area contributed by atoms with Crippen LogP contribution in [-0.4, -0.2) is 5.78 Å². The third-order valence-corrected chi connectivity index (χ3v) is 7.64. The van der Waals surface area contributed by atoms with Gasteiger partial charge < -0.3 is 4.90 Å². The number of rotatable bonds is 7. The lowest BCUT2D eigenvalue weighted by Crippen LogP contribution is -2.12. The van der Waals surface area contributed by atoms with Crippen molar-refractivity contribution in [2.24, 2.45) is 0 Å². The first-order chi connectivity index (χ1) is 19.7. The first-order valence-corrected chi connectivity index (χ1v) is 14.0. The Balaban J connectivity index is 1.49. The average Bonchev–Trinajstić information content (AvgIpc) is 3.03. The summed E-state index contributed by atoms with van der Waals surface area (Å²) in [6.07, 6.45) is 0. The lowest BCUT2D eigenvalue weighted by atomic mass is 9.99. The van der Waals surface area contributed by atoms with E-state index >= 15 is 0 Å². The van der Waals surface area contributed by atoms with Crippen LogP contribution < -0.4 is 4.90 Å². The zero-order valence-corrected chi connectivity index (χ0v) is 23.3. The van der Waals surface area contributed by atoms with Crippen molar-refractivity contribution in [1.29, 1.82) is 0 Å². The van der Waals surface area contributed by atoms with Gasteiger partial charge in [0.05, 0.1) is 5.69 Å². The molecule has 0 saturated carbocycles. The molecular formula is C37H26BrNO. The van der Waals surface area contributed by atoms with Gasteiger partial charge in [0.15, 0.2) is 5.78 Å². The van der Waals surface area contributed by atoms with Crippen molar-refractivity contribution in [1.82, 2.24) is 0 Å². The Kier molecular flexibility index (Phi) is 7.39. The largest absolute Gasteiger partial charge is 0.310 e. The molecule has 0 heterocycles. The maximum Gasteiger partial charge on any atom is 0.194 e. The van der Waals surface area contributed by atoms with Gasteiger partial charge in [0.25, 0.3) is 0 Å². The summed E-state index contributed by atoms with van der Waals surface area (Å²) in [5, 5.41) is 0. The standard InChI is InChI=1S/C37H26BrNO/c38-35-20-9-7-19-34(35)37(40)30-16-11-17-32(26-30)39(31-24-22-28(23-25-31)27-12-3-1-4-13-27)36-21-10-8-18-33(36)29-14-5-2-6-15-29/h1-26H. The van der Waals surface area contributed by atoms with Gasteiger partial charge in [-0.2, -0.15) is 0 Å². The van der Waals surface area contributed by atoms with Gasteiger partial charge in [-0.25, -0.2) is 0 Å². The number of carbonyl (C=O) groups is 1. The highest BCUT2D eigenvalue weighted by atomic mass is 79.9. The highest BCUT2D eigenvalue weighted by Crippen LogP contribution is 2.41. The summed E-state index contributed by atoms with van der Waals surface area (Å²) in [6.45, 7) is 0. The Morgan fingerprint density at radius 2 is 1.10 bits per heavy atom. The van der Waals surface area contributed by atoms with Crippen molar-refractivity contribution in [2.45, 2.75) is 0 Å². The highest BCUT2D eigenvalue weighted by molar-refractivity contribution is 9.10. The normalized spacial score (nSPS) is 10.7. The van der Waals surface area contributed by atoms with E-state index in [1.807, 2.05) is 54.6 Å². The molecule has 0 aliphatic heterocycles. The summed E-state index contributed by atoms with van der Waals surface area (Å²) < 4.78 is 0.785. The molecule has 6 aromatic carbocycles. The van der Waals surface area contributed by atoms with Crippen molar-refractivity contribution in [2.75, 3.05) is 4.90 Å². The SMILES string of the molecule is O=C(c1cccc(N(c2ccc(-c3ccccc3)cc2)c2ccccc2-c2ccccc2)c1)c1ccccc1Br. The molecule has 192 valence electrons. The van der Waals surface area contributed by atoms with E-state index in [1.54, 1.807) is 0 Å². The number of benzene rings is 6. The Hall–Kier alpha value is -4.73. The third kappa shape index (κ3) is 5.25. The molecule has 0 fully saturated rings. The van der Waals surface area contributed by atoms with Crippen molar-refractivity contribution < 1.29 is 4.79 Å². The van der Waals surface area contributed by atoms with E-state index in [0.717, 1.165) is 38.2 Å². The van der Waals surface area contributed by atoms with E-state index < -0.39 is 0 Å². The summed E-state index contributed by atoms with van der Waals surface area (Å²) in [4.78, 5) is 15.8. The second kappa shape index (κ2) is 11.6. The summed E-state index contributed by atoms with van der Waals surface area (Å²) >= 11 is 3.55. The zero-order valence-electron chi connectivity index (χ0n) is 21.7. The summed E-state index contributed by atoms with van der Waals surface area (Å²) in [5.74, 6) is -0.0231. The summed E-state index contributed by atoms with van der Waals surface area (Å²) in [5.41, 5.74) is 8.79. The quantitative estimate of drug-likeness (QED) is 0.175. The van der Waals surface area contributed by atoms with Crippen molar-refractivity contribution >= 4 is 38.8 Å². The fourth-order valence-corrected chi connectivity index (χ4v) is 5.44. The lowest BCUT2D eigenvalue weighted by Gasteiger charge is -2.28. The van der Waals surface area contributed by atoms with Gasteiger partial charge in [0.2, 0.25) is 0 Å². The molecule has 0 amide bonds. The molecule has 0 atom stereocenters. The molecule has 6 aromatic rings. The van der Waals surface area contributed by atoms with Crippen LogP contribution >= 0.6 is 15.9 Å². The molecule has 0 spiro atoms. The molecule has 3 heteroatoms. The van der Waals surface area contributed by atoms with Gasteiger partial charge in [-0.3, -0.25) is 4.79 Å². The molecular weight excluding hydrogens is 554 g/mol. The van der Waals surface area contributed by atoms with E-state index in [1.165, 1.54) is 5.56 Å². The monoisotopic (exact) mass is 579 g/mol. The first kappa shape index (κ1) is 25.5. The van der Waals surface area contributed by atoms with Crippen LogP contribution in [0.1, 0.15) is 15.9 Å². The number of para-hydroxylation sites is 1. The topological polar surface area (TPSA) is 20.3 Å². The van der Waals surface area contributed by atoms with Crippen molar-refractivity contribution in [3.63, 3.8) is 0 Å².